The molecule has 1 aromatic carbocycles. The fraction of sp³-hybridized carbons (Fsp3) is 0.400. The van der Waals surface area contributed by atoms with Gasteiger partial charge in [0.05, 0.1) is 13.2 Å². The number of benzene rings is 1. The van der Waals surface area contributed by atoms with Gasteiger partial charge < -0.3 is 14.8 Å². The van der Waals surface area contributed by atoms with Crippen LogP contribution >= 0.6 is 0 Å². The zero-order valence-corrected chi connectivity index (χ0v) is 11.3. The Labute approximate surface area is 113 Å². The van der Waals surface area contributed by atoms with Crippen LogP contribution in [0.1, 0.15) is 6.42 Å². The molecule has 1 aromatic heterocycles. The standard InChI is InChI=1S/C15H20N2O2/c1-18-12-10-16-8-4-11-19-14-7-2-5-13-6-3-9-17-15(13)14/h2-3,5-7,9,16H,4,8,10-12H2,1H3. The summed E-state index contributed by atoms with van der Waals surface area (Å²) in [5.74, 6) is 0.856. The van der Waals surface area contributed by atoms with E-state index in [-0.39, 0.29) is 0 Å². The number of fused-ring (bicyclic) bond motifs is 1. The van der Waals surface area contributed by atoms with Crippen LogP contribution < -0.4 is 10.1 Å². The molecule has 0 unspecified atom stereocenters. The van der Waals surface area contributed by atoms with E-state index in [4.69, 9.17) is 9.47 Å². The third kappa shape index (κ3) is 4.19. The molecule has 19 heavy (non-hydrogen) atoms. The fourth-order valence-corrected chi connectivity index (χ4v) is 1.87. The molecule has 1 N–H and O–H groups in total. The average Bonchev–Trinajstić information content (AvgIpc) is 2.46. The molecular formula is C15H20N2O2. The monoisotopic (exact) mass is 260 g/mol. The molecule has 0 aliphatic heterocycles. The molecule has 2 aromatic rings. The molecule has 1 heterocycles. The van der Waals surface area contributed by atoms with Crippen molar-refractivity contribution in [3.8, 4) is 5.75 Å². The first-order chi connectivity index (χ1) is 9.42. The van der Waals surface area contributed by atoms with E-state index in [1.54, 1.807) is 13.3 Å². The van der Waals surface area contributed by atoms with Gasteiger partial charge in [0, 0.05) is 25.2 Å². The van der Waals surface area contributed by atoms with Crippen molar-refractivity contribution in [2.24, 2.45) is 0 Å². The van der Waals surface area contributed by atoms with E-state index in [1.165, 1.54) is 0 Å². The first-order valence-electron chi connectivity index (χ1n) is 6.58. The maximum absolute atomic E-state index is 5.79. The van der Waals surface area contributed by atoms with E-state index in [2.05, 4.69) is 10.3 Å². The largest absolute Gasteiger partial charge is 0.491 e. The van der Waals surface area contributed by atoms with Gasteiger partial charge in [-0.05, 0) is 25.1 Å². The van der Waals surface area contributed by atoms with Crippen molar-refractivity contribution in [3.63, 3.8) is 0 Å². The average molecular weight is 260 g/mol. The summed E-state index contributed by atoms with van der Waals surface area (Å²) in [7, 11) is 1.71. The predicted octanol–water partition coefficient (Wildman–Crippen LogP) is 2.24. The van der Waals surface area contributed by atoms with Gasteiger partial charge in [-0.1, -0.05) is 18.2 Å². The topological polar surface area (TPSA) is 43.4 Å². The number of hydrogen-bond acceptors (Lipinski definition) is 4. The number of nitrogens with one attached hydrogen (secondary N) is 1. The Morgan fingerprint density at radius 3 is 2.89 bits per heavy atom. The van der Waals surface area contributed by atoms with Crippen molar-refractivity contribution < 1.29 is 9.47 Å². The Kier molecular flexibility index (Phi) is 5.59. The fourth-order valence-electron chi connectivity index (χ4n) is 1.87. The van der Waals surface area contributed by atoms with Gasteiger partial charge in [0.2, 0.25) is 0 Å². The van der Waals surface area contributed by atoms with Crippen molar-refractivity contribution in [2.75, 3.05) is 33.4 Å². The highest BCUT2D eigenvalue weighted by molar-refractivity contribution is 5.84. The molecule has 102 valence electrons. The number of para-hydroxylation sites is 1. The van der Waals surface area contributed by atoms with Crippen LogP contribution in [0.15, 0.2) is 36.5 Å². The minimum Gasteiger partial charge on any atom is -0.491 e. The highest BCUT2D eigenvalue weighted by atomic mass is 16.5. The lowest BCUT2D eigenvalue weighted by molar-refractivity contribution is 0.198. The molecule has 0 amide bonds. The van der Waals surface area contributed by atoms with Crippen LogP contribution in [0, 0.1) is 0 Å². The van der Waals surface area contributed by atoms with Gasteiger partial charge in [0.1, 0.15) is 11.3 Å². The molecule has 4 nitrogen and oxygen atoms in total. The number of nitrogens with zero attached hydrogens (tertiary/aromatic N) is 1. The van der Waals surface area contributed by atoms with Crippen molar-refractivity contribution in [2.45, 2.75) is 6.42 Å². The molecule has 0 radical (unpaired) electrons. The van der Waals surface area contributed by atoms with E-state index < -0.39 is 0 Å². The number of pyridine rings is 1. The number of rotatable bonds is 8. The van der Waals surface area contributed by atoms with Gasteiger partial charge in [-0.3, -0.25) is 4.98 Å². The Morgan fingerprint density at radius 1 is 1.11 bits per heavy atom. The molecule has 0 saturated carbocycles. The Balaban J connectivity index is 1.78. The van der Waals surface area contributed by atoms with E-state index >= 15 is 0 Å². The maximum atomic E-state index is 5.79. The summed E-state index contributed by atoms with van der Waals surface area (Å²) < 4.78 is 10.8. The van der Waals surface area contributed by atoms with E-state index in [0.717, 1.165) is 42.8 Å². The molecule has 0 aliphatic rings. The summed E-state index contributed by atoms with van der Waals surface area (Å²) in [4.78, 5) is 4.36. The number of ether oxygens (including phenoxy) is 2. The Morgan fingerprint density at radius 2 is 2.00 bits per heavy atom. The smallest absolute Gasteiger partial charge is 0.145 e. The molecule has 0 saturated heterocycles. The van der Waals surface area contributed by atoms with Crippen LogP contribution in [0.5, 0.6) is 5.75 Å². The SMILES string of the molecule is COCCNCCCOc1cccc2cccnc12. The molecule has 0 fully saturated rings. The van der Waals surface area contributed by atoms with Gasteiger partial charge in [-0.2, -0.15) is 0 Å². The van der Waals surface area contributed by atoms with Crippen LogP contribution in [0.25, 0.3) is 10.9 Å². The van der Waals surface area contributed by atoms with Crippen LogP contribution in [0.2, 0.25) is 0 Å². The predicted molar refractivity (Wildman–Crippen MR) is 76.6 cm³/mol. The second-order valence-corrected chi connectivity index (χ2v) is 4.28. The number of hydrogen-bond donors (Lipinski definition) is 1. The first-order valence-corrected chi connectivity index (χ1v) is 6.58. The van der Waals surface area contributed by atoms with Crippen molar-refractivity contribution in [1.82, 2.24) is 10.3 Å². The van der Waals surface area contributed by atoms with E-state index in [9.17, 15) is 0 Å². The minimum atomic E-state index is 0.690. The summed E-state index contributed by atoms with van der Waals surface area (Å²) in [5.41, 5.74) is 0.928. The summed E-state index contributed by atoms with van der Waals surface area (Å²) in [6.07, 6.45) is 2.76. The van der Waals surface area contributed by atoms with Crippen LogP contribution in [0.4, 0.5) is 0 Å². The first kappa shape index (κ1) is 13.8. The van der Waals surface area contributed by atoms with Gasteiger partial charge in [-0.25, -0.2) is 0 Å². The van der Waals surface area contributed by atoms with Gasteiger partial charge >= 0.3 is 0 Å². The van der Waals surface area contributed by atoms with Crippen molar-refractivity contribution in [3.05, 3.63) is 36.5 Å². The van der Waals surface area contributed by atoms with Crippen LogP contribution in [0.3, 0.4) is 0 Å². The molecule has 0 aliphatic carbocycles. The third-order valence-corrected chi connectivity index (χ3v) is 2.83. The minimum absolute atomic E-state index is 0.690. The zero-order chi connectivity index (χ0) is 13.3. The number of methoxy groups -OCH3 is 1. The summed E-state index contributed by atoms with van der Waals surface area (Å²) >= 11 is 0. The molecule has 0 spiro atoms. The maximum Gasteiger partial charge on any atom is 0.145 e. The summed E-state index contributed by atoms with van der Waals surface area (Å²) in [5, 5.41) is 4.40. The van der Waals surface area contributed by atoms with Crippen LogP contribution in [-0.2, 0) is 4.74 Å². The van der Waals surface area contributed by atoms with E-state index in [0.29, 0.717) is 6.61 Å². The summed E-state index contributed by atoms with van der Waals surface area (Å²) in [6.45, 7) is 3.25. The van der Waals surface area contributed by atoms with E-state index in [1.807, 2.05) is 30.3 Å². The van der Waals surface area contributed by atoms with Crippen molar-refractivity contribution in [1.29, 1.82) is 0 Å². The lowest BCUT2D eigenvalue weighted by Gasteiger charge is -2.09. The highest BCUT2D eigenvalue weighted by Gasteiger charge is 2.01. The summed E-state index contributed by atoms with van der Waals surface area (Å²) in [6, 6.07) is 9.98. The quantitative estimate of drug-likeness (QED) is 0.739. The van der Waals surface area contributed by atoms with Gasteiger partial charge in [-0.15, -0.1) is 0 Å². The Bertz CT molecular complexity index is 497. The molecule has 0 atom stereocenters. The van der Waals surface area contributed by atoms with Gasteiger partial charge in [0.25, 0.3) is 0 Å². The second-order valence-electron chi connectivity index (χ2n) is 4.28. The zero-order valence-electron chi connectivity index (χ0n) is 11.3. The normalized spacial score (nSPS) is 10.8. The third-order valence-electron chi connectivity index (χ3n) is 2.83. The lowest BCUT2D eigenvalue weighted by atomic mass is 10.2. The molecule has 2 rings (SSSR count). The highest BCUT2D eigenvalue weighted by Crippen LogP contribution is 2.22. The van der Waals surface area contributed by atoms with Crippen LogP contribution in [-0.4, -0.2) is 38.4 Å². The Hall–Kier alpha value is -1.65. The molecule has 0 bridgehead atoms. The van der Waals surface area contributed by atoms with Crippen molar-refractivity contribution >= 4 is 10.9 Å². The molecular weight excluding hydrogens is 240 g/mol. The molecule has 4 heteroatoms. The number of aromatic nitrogens is 1. The lowest BCUT2D eigenvalue weighted by Crippen LogP contribution is -2.21. The van der Waals surface area contributed by atoms with Gasteiger partial charge in [0.15, 0.2) is 0 Å². The second kappa shape index (κ2) is 7.71.